The molecule has 0 radical (unpaired) electrons. The van der Waals surface area contributed by atoms with E-state index in [9.17, 15) is 9.18 Å². The lowest BCUT2D eigenvalue weighted by atomic mass is 9.94. The number of nitrogens with one attached hydrogen (secondary N) is 2. The van der Waals surface area contributed by atoms with Gasteiger partial charge in [-0.05, 0) is 62.5 Å². The van der Waals surface area contributed by atoms with E-state index in [1.165, 1.54) is 12.1 Å². The summed E-state index contributed by atoms with van der Waals surface area (Å²) in [5, 5.41) is 7.09. The molecule has 24 heavy (non-hydrogen) atoms. The van der Waals surface area contributed by atoms with Crippen LogP contribution in [-0.4, -0.2) is 30.0 Å². The Labute approximate surface area is 140 Å². The van der Waals surface area contributed by atoms with Crippen LogP contribution in [0.4, 0.5) is 4.39 Å². The molecule has 2 aromatic rings. The SMILES string of the molecule is CC1CNCCC1NC(=O)c1cc(C2CC2)nc2ccc(F)cc12. The van der Waals surface area contributed by atoms with Gasteiger partial charge in [-0.1, -0.05) is 6.92 Å². The first-order valence-corrected chi connectivity index (χ1v) is 8.73. The monoisotopic (exact) mass is 327 g/mol. The molecule has 2 atom stereocenters. The van der Waals surface area contributed by atoms with E-state index in [-0.39, 0.29) is 17.8 Å². The van der Waals surface area contributed by atoms with Gasteiger partial charge < -0.3 is 10.6 Å². The lowest BCUT2D eigenvalue weighted by Crippen LogP contribution is -2.48. The van der Waals surface area contributed by atoms with Crippen molar-refractivity contribution in [3.05, 3.63) is 41.3 Å². The molecule has 4 nitrogen and oxygen atoms in total. The topological polar surface area (TPSA) is 54.0 Å². The first-order valence-electron chi connectivity index (χ1n) is 8.73. The molecule has 2 unspecified atom stereocenters. The van der Waals surface area contributed by atoms with Crippen molar-refractivity contribution in [1.82, 2.24) is 15.6 Å². The number of pyridine rings is 1. The number of amides is 1. The van der Waals surface area contributed by atoms with E-state index in [1.54, 1.807) is 6.07 Å². The van der Waals surface area contributed by atoms with Crippen molar-refractivity contribution in [2.45, 2.75) is 38.1 Å². The zero-order chi connectivity index (χ0) is 16.7. The number of piperidine rings is 1. The van der Waals surface area contributed by atoms with Crippen LogP contribution in [0.1, 0.15) is 48.2 Å². The Hall–Kier alpha value is -2.01. The van der Waals surface area contributed by atoms with Crippen LogP contribution >= 0.6 is 0 Å². The van der Waals surface area contributed by atoms with Crippen LogP contribution in [0.15, 0.2) is 24.3 Å². The standard InChI is InChI=1S/C19H22FN3O/c1-11-10-21-7-6-16(11)23-19(24)15-9-18(12-2-3-12)22-17-5-4-13(20)8-14(15)17/h4-5,8-9,11-12,16,21H,2-3,6-7,10H2,1H3,(H,23,24). The van der Waals surface area contributed by atoms with E-state index in [2.05, 4.69) is 22.5 Å². The van der Waals surface area contributed by atoms with Crippen LogP contribution in [0.3, 0.4) is 0 Å². The fourth-order valence-electron chi connectivity index (χ4n) is 3.47. The molecular formula is C19H22FN3O. The molecule has 2 N–H and O–H groups in total. The predicted octanol–water partition coefficient (Wildman–Crippen LogP) is 2.98. The van der Waals surface area contributed by atoms with Crippen LogP contribution in [0.2, 0.25) is 0 Å². The molecule has 5 heteroatoms. The Bertz CT molecular complexity index is 788. The number of hydrogen-bond acceptors (Lipinski definition) is 3. The minimum atomic E-state index is -0.340. The summed E-state index contributed by atoms with van der Waals surface area (Å²) in [4.78, 5) is 17.5. The van der Waals surface area contributed by atoms with Gasteiger partial charge in [0, 0.05) is 23.0 Å². The molecule has 1 aliphatic carbocycles. The lowest BCUT2D eigenvalue weighted by molar-refractivity contribution is 0.0915. The van der Waals surface area contributed by atoms with Gasteiger partial charge in [0.2, 0.25) is 0 Å². The maximum Gasteiger partial charge on any atom is 0.252 e. The van der Waals surface area contributed by atoms with Crippen LogP contribution in [-0.2, 0) is 0 Å². The summed E-state index contributed by atoms with van der Waals surface area (Å²) in [6, 6.07) is 6.50. The minimum Gasteiger partial charge on any atom is -0.349 e. The molecule has 1 saturated carbocycles. The van der Waals surface area contributed by atoms with E-state index in [0.29, 0.717) is 28.3 Å². The van der Waals surface area contributed by atoms with Gasteiger partial charge >= 0.3 is 0 Å². The molecule has 4 rings (SSSR count). The molecule has 0 spiro atoms. The first-order chi connectivity index (χ1) is 11.6. The smallest absolute Gasteiger partial charge is 0.252 e. The van der Waals surface area contributed by atoms with Crippen molar-refractivity contribution in [2.24, 2.45) is 5.92 Å². The fraction of sp³-hybridized carbons (Fsp3) is 0.474. The molecule has 2 aliphatic rings. The predicted molar refractivity (Wildman–Crippen MR) is 91.6 cm³/mol. The highest BCUT2D eigenvalue weighted by Gasteiger charge is 2.28. The summed E-state index contributed by atoms with van der Waals surface area (Å²) in [5.41, 5.74) is 2.20. The third kappa shape index (κ3) is 3.00. The van der Waals surface area contributed by atoms with Gasteiger partial charge in [-0.25, -0.2) is 4.39 Å². The number of aromatic nitrogens is 1. The number of rotatable bonds is 3. The van der Waals surface area contributed by atoms with Gasteiger partial charge in [0.1, 0.15) is 5.82 Å². The van der Waals surface area contributed by atoms with Gasteiger partial charge in [-0.3, -0.25) is 9.78 Å². The maximum atomic E-state index is 13.7. The summed E-state index contributed by atoms with van der Waals surface area (Å²) in [7, 11) is 0. The average molecular weight is 327 g/mol. The molecular weight excluding hydrogens is 305 g/mol. The van der Waals surface area contributed by atoms with Crippen LogP contribution in [0.5, 0.6) is 0 Å². The Kier molecular flexibility index (Phi) is 3.96. The van der Waals surface area contributed by atoms with Gasteiger partial charge in [0.05, 0.1) is 11.1 Å². The minimum absolute atomic E-state index is 0.117. The third-order valence-corrected chi connectivity index (χ3v) is 5.13. The third-order valence-electron chi connectivity index (χ3n) is 5.13. The number of halogens is 1. The summed E-state index contributed by atoms with van der Waals surface area (Å²) in [5.74, 6) is 0.376. The second-order valence-corrected chi connectivity index (χ2v) is 7.08. The molecule has 1 aliphatic heterocycles. The van der Waals surface area contributed by atoms with E-state index in [0.717, 1.165) is 38.0 Å². The molecule has 2 fully saturated rings. The van der Waals surface area contributed by atoms with Crippen molar-refractivity contribution in [1.29, 1.82) is 0 Å². The molecule has 0 bridgehead atoms. The Morgan fingerprint density at radius 2 is 2.12 bits per heavy atom. The molecule has 1 amide bonds. The van der Waals surface area contributed by atoms with Crippen molar-refractivity contribution in [3.8, 4) is 0 Å². The van der Waals surface area contributed by atoms with Crippen molar-refractivity contribution >= 4 is 16.8 Å². The average Bonchev–Trinajstić information content (AvgIpc) is 3.41. The van der Waals surface area contributed by atoms with E-state index < -0.39 is 0 Å². The number of fused-ring (bicyclic) bond motifs is 1. The molecule has 1 aromatic carbocycles. The molecule has 126 valence electrons. The van der Waals surface area contributed by atoms with Gasteiger partial charge in [0.25, 0.3) is 5.91 Å². The number of hydrogen-bond donors (Lipinski definition) is 2. The van der Waals surface area contributed by atoms with Crippen LogP contribution in [0.25, 0.3) is 10.9 Å². The first kappa shape index (κ1) is 15.5. The van der Waals surface area contributed by atoms with Gasteiger partial charge in [-0.15, -0.1) is 0 Å². The Balaban J connectivity index is 1.70. The zero-order valence-corrected chi connectivity index (χ0v) is 13.8. The summed E-state index contributed by atoms with van der Waals surface area (Å²) in [6.07, 6.45) is 3.15. The highest BCUT2D eigenvalue weighted by molar-refractivity contribution is 6.06. The summed E-state index contributed by atoms with van der Waals surface area (Å²) < 4.78 is 13.7. The summed E-state index contributed by atoms with van der Waals surface area (Å²) >= 11 is 0. The lowest BCUT2D eigenvalue weighted by Gasteiger charge is -2.30. The van der Waals surface area contributed by atoms with Crippen LogP contribution in [0, 0.1) is 11.7 Å². The normalized spacial score (nSPS) is 24.1. The second-order valence-electron chi connectivity index (χ2n) is 7.08. The number of carbonyl (C=O) groups excluding carboxylic acids is 1. The van der Waals surface area contributed by atoms with Gasteiger partial charge in [0.15, 0.2) is 0 Å². The second kappa shape index (κ2) is 6.13. The maximum absolute atomic E-state index is 13.7. The number of benzene rings is 1. The quantitative estimate of drug-likeness (QED) is 0.911. The number of carbonyl (C=O) groups is 1. The molecule has 1 aromatic heterocycles. The summed E-state index contributed by atoms with van der Waals surface area (Å²) in [6.45, 7) is 3.95. The van der Waals surface area contributed by atoms with E-state index >= 15 is 0 Å². The molecule has 1 saturated heterocycles. The van der Waals surface area contributed by atoms with Gasteiger partial charge in [-0.2, -0.15) is 0 Å². The zero-order valence-electron chi connectivity index (χ0n) is 13.8. The highest BCUT2D eigenvalue weighted by Crippen LogP contribution is 2.40. The van der Waals surface area contributed by atoms with Crippen LogP contribution < -0.4 is 10.6 Å². The van der Waals surface area contributed by atoms with E-state index in [4.69, 9.17) is 0 Å². The Morgan fingerprint density at radius 1 is 1.29 bits per heavy atom. The van der Waals surface area contributed by atoms with Crippen molar-refractivity contribution in [3.63, 3.8) is 0 Å². The molecule has 2 heterocycles. The largest absolute Gasteiger partial charge is 0.349 e. The highest BCUT2D eigenvalue weighted by atomic mass is 19.1. The van der Waals surface area contributed by atoms with E-state index in [1.807, 2.05) is 6.07 Å². The van der Waals surface area contributed by atoms with Crippen molar-refractivity contribution in [2.75, 3.05) is 13.1 Å². The van der Waals surface area contributed by atoms with Crippen molar-refractivity contribution < 1.29 is 9.18 Å². The number of nitrogens with zero attached hydrogens (tertiary/aromatic N) is 1. The fourth-order valence-corrected chi connectivity index (χ4v) is 3.47. The Morgan fingerprint density at radius 3 is 2.88 bits per heavy atom.